The van der Waals surface area contributed by atoms with E-state index in [1.54, 1.807) is 6.07 Å². The Morgan fingerprint density at radius 3 is 2.68 bits per heavy atom. The number of para-hydroxylation sites is 1. The topological polar surface area (TPSA) is 74.4 Å². The zero-order chi connectivity index (χ0) is 17.4. The summed E-state index contributed by atoms with van der Waals surface area (Å²) in [5.41, 5.74) is 1.60. The summed E-state index contributed by atoms with van der Waals surface area (Å²) >= 11 is 0. The summed E-state index contributed by atoms with van der Waals surface area (Å²) in [5.74, 6) is 0.0638. The molecule has 0 atom stereocenters. The number of aromatic nitrogens is 1. The van der Waals surface area contributed by atoms with Gasteiger partial charge in [-0.05, 0) is 30.0 Å². The molecule has 0 amide bonds. The van der Waals surface area contributed by atoms with Gasteiger partial charge in [0.15, 0.2) is 0 Å². The molecule has 4 rings (SSSR count). The highest BCUT2D eigenvalue weighted by molar-refractivity contribution is 5.91. The monoisotopic (exact) mass is 336 g/mol. The van der Waals surface area contributed by atoms with Crippen LogP contribution in [0.25, 0.3) is 10.9 Å². The Hall–Kier alpha value is -3.15. The molecule has 2 heterocycles. The zero-order valence-corrected chi connectivity index (χ0v) is 13.5. The number of hydrogen-bond acceptors (Lipinski definition) is 4. The lowest BCUT2D eigenvalue weighted by Crippen LogP contribution is -2.27. The molecule has 0 bridgehead atoms. The number of rotatable bonds is 4. The lowest BCUT2D eigenvalue weighted by Gasteiger charge is -2.20. The minimum absolute atomic E-state index is 0.0638. The maximum absolute atomic E-state index is 12.7. The third kappa shape index (κ3) is 2.55. The number of nitrogens with zero attached hydrogens (tertiary/aromatic N) is 2. The molecule has 0 aliphatic carbocycles. The van der Waals surface area contributed by atoms with Crippen molar-refractivity contribution in [1.29, 1.82) is 0 Å². The van der Waals surface area contributed by atoms with Gasteiger partial charge >= 0.3 is 11.2 Å². The summed E-state index contributed by atoms with van der Waals surface area (Å²) in [7, 11) is 0. The fraction of sp³-hybridized carbons (Fsp3) is 0.211. The first-order valence-electron chi connectivity index (χ1n) is 8.16. The largest absolute Gasteiger partial charge is 0.481 e. The molecule has 25 heavy (non-hydrogen) atoms. The van der Waals surface area contributed by atoms with E-state index in [2.05, 4.69) is 0 Å². The van der Waals surface area contributed by atoms with Crippen molar-refractivity contribution in [3.8, 4) is 5.75 Å². The van der Waals surface area contributed by atoms with E-state index in [0.717, 1.165) is 29.5 Å². The molecule has 6 nitrogen and oxygen atoms in total. The van der Waals surface area contributed by atoms with Crippen LogP contribution in [-0.2, 0) is 19.6 Å². The van der Waals surface area contributed by atoms with Crippen LogP contribution >= 0.6 is 0 Å². The van der Waals surface area contributed by atoms with Gasteiger partial charge < -0.3 is 9.30 Å². The van der Waals surface area contributed by atoms with Crippen molar-refractivity contribution in [3.63, 3.8) is 0 Å². The molecule has 0 saturated heterocycles. The molecular formula is C19H16N2O4. The van der Waals surface area contributed by atoms with Crippen LogP contribution in [0.4, 0.5) is 5.69 Å². The van der Waals surface area contributed by atoms with E-state index in [1.165, 1.54) is 4.57 Å². The number of hydrogen-bond donors (Lipinski definition) is 0. The van der Waals surface area contributed by atoms with Gasteiger partial charge in [0, 0.05) is 11.9 Å². The Kier molecular flexibility index (Phi) is 3.72. The minimum atomic E-state index is -0.632. The number of nitro groups is 1. The van der Waals surface area contributed by atoms with Crippen molar-refractivity contribution in [1.82, 2.24) is 4.57 Å². The van der Waals surface area contributed by atoms with Crippen LogP contribution in [0.15, 0.2) is 53.3 Å². The predicted molar refractivity (Wildman–Crippen MR) is 94.0 cm³/mol. The average molecular weight is 336 g/mol. The van der Waals surface area contributed by atoms with Gasteiger partial charge in [-0.15, -0.1) is 0 Å². The summed E-state index contributed by atoms with van der Waals surface area (Å²) in [6.07, 6.45) is 1.65. The second-order valence-electron chi connectivity index (χ2n) is 6.08. The highest BCUT2D eigenvalue weighted by Gasteiger charge is 2.29. The van der Waals surface area contributed by atoms with Crippen LogP contribution in [0.3, 0.4) is 0 Å². The van der Waals surface area contributed by atoms with Crippen LogP contribution in [0.5, 0.6) is 5.75 Å². The zero-order valence-electron chi connectivity index (χ0n) is 13.5. The van der Waals surface area contributed by atoms with Crippen LogP contribution in [0.2, 0.25) is 0 Å². The number of pyridine rings is 1. The van der Waals surface area contributed by atoms with Crippen LogP contribution in [0.1, 0.15) is 17.5 Å². The Morgan fingerprint density at radius 2 is 1.92 bits per heavy atom. The fourth-order valence-corrected chi connectivity index (χ4v) is 3.43. The van der Waals surface area contributed by atoms with Crippen molar-refractivity contribution >= 4 is 16.6 Å². The van der Waals surface area contributed by atoms with Crippen molar-refractivity contribution in [3.05, 3.63) is 80.1 Å². The van der Waals surface area contributed by atoms with E-state index in [-0.39, 0.29) is 12.4 Å². The van der Waals surface area contributed by atoms with Gasteiger partial charge in [0.05, 0.1) is 10.4 Å². The minimum Gasteiger partial charge on any atom is -0.481 e. The van der Waals surface area contributed by atoms with Crippen LogP contribution in [0, 0.1) is 10.1 Å². The average Bonchev–Trinajstić information content (AvgIpc) is 2.63. The van der Waals surface area contributed by atoms with E-state index in [0.29, 0.717) is 11.9 Å². The third-order valence-corrected chi connectivity index (χ3v) is 4.53. The van der Waals surface area contributed by atoms with Crippen LogP contribution < -0.4 is 10.3 Å². The molecule has 0 N–H and O–H groups in total. The quantitative estimate of drug-likeness (QED) is 0.540. The molecule has 6 heteroatoms. The molecule has 0 radical (unpaired) electrons. The highest BCUT2D eigenvalue weighted by atomic mass is 16.6. The van der Waals surface area contributed by atoms with Crippen molar-refractivity contribution < 1.29 is 9.66 Å². The van der Waals surface area contributed by atoms with Crippen LogP contribution in [-0.4, -0.2) is 9.49 Å². The standard InChI is InChI=1S/C19H16N2O4/c22-19-17(21(23)24)18(25-12-13-6-2-1-3-7-13)15-10-4-8-14-9-5-11-20(19)16(14)15/h1-4,6-8,10H,5,9,11-12H2. The Bertz CT molecular complexity index is 1030. The summed E-state index contributed by atoms with van der Waals surface area (Å²) in [6, 6.07) is 15.0. The van der Waals surface area contributed by atoms with E-state index < -0.39 is 16.2 Å². The van der Waals surface area contributed by atoms with Gasteiger partial charge in [0.1, 0.15) is 6.61 Å². The number of aryl methyl sites for hydroxylation is 2. The first-order valence-corrected chi connectivity index (χ1v) is 8.16. The normalized spacial score (nSPS) is 13.0. The molecule has 0 spiro atoms. The fourth-order valence-electron chi connectivity index (χ4n) is 3.43. The summed E-state index contributed by atoms with van der Waals surface area (Å²) in [5, 5.41) is 12.2. The first kappa shape index (κ1) is 15.4. The molecular weight excluding hydrogens is 320 g/mol. The molecule has 0 unspecified atom stereocenters. The van der Waals surface area contributed by atoms with E-state index >= 15 is 0 Å². The summed E-state index contributed by atoms with van der Waals surface area (Å²) in [6.45, 7) is 0.663. The summed E-state index contributed by atoms with van der Waals surface area (Å²) < 4.78 is 7.32. The lowest BCUT2D eigenvalue weighted by atomic mass is 10.0. The Labute approximate surface area is 143 Å². The smallest absolute Gasteiger partial charge is 0.376 e. The van der Waals surface area contributed by atoms with Crippen molar-refractivity contribution in [2.45, 2.75) is 26.0 Å². The number of benzene rings is 2. The lowest BCUT2D eigenvalue weighted by molar-refractivity contribution is -0.387. The van der Waals surface area contributed by atoms with Crippen molar-refractivity contribution in [2.24, 2.45) is 0 Å². The Balaban J connectivity index is 1.93. The van der Waals surface area contributed by atoms with E-state index in [9.17, 15) is 14.9 Å². The van der Waals surface area contributed by atoms with Gasteiger partial charge in [0.2, 0.25) is 5.75 Å². The highest BCUT2D eigenvalue weighted by Crippen LogP contribution is 2.36. The van der Waals surface area contributed by atoms with Gasteiger partial charge in [-0.1, -0.05) is 42.5 Å². The second kappa shape index (κ2) is 6.05. The third-order valence-electron chi connectivity index (χ3n) is 4.53. The molecule has 0 fully saturated rings. The maximum atomic E-state index is 12.7. The molecule has 1 aromatic heterocycles. The molecule has 1 aliphatic rings. The Morgan fingerprint density at radius 1 is 1.12 bits per heavy atom. The van der Waals surface area contributed by atoms with Gasteiger partial charge in [-0.3, -0.25) is 14.9 Å². The first-order chi connectivity index (χ1) is 12.2. The second-order valence-corrected chi connectivity index (χ2v) is 6.08. The molecule has 1 aliphatic heterocycles. The summed E-state index contributed by atoms with van der Waals surface area (Å²) in [4.78, 5) is 23.7. The van der Waals surface area contributed by atoms with E-state index in [4.69, 9.17) is 4.74 Å². The predicted octanol–water partition coefficient (Wildman–Crippen LogP) is 3.43. The van der Waals surface area contributed by atoms with E-state index in [1.807, 2.05) is 42.5 Å². The van der Waals surface area contributed by atoms with Gasteiger partial charge in [0.25, 0.3) is 0 Å². The van der Waals surface area contributed by atoms with Crippen molar-refractivity contribution in [2.75, 3.05) is 0 Å². The SMILES string of the molecule is O=c1c([N+](=O)[O-])c(OCc2ccccc2)c2cccc3c2n1CCC3. The molecule has 0 saturated carbocycles. The molecule has 2 aromatic carbocycles. The molecule has 3 aromatic rings. The van der Waals surface area contributed by atoms with Gasteiger partial charge in [-0.2, -0.15) is 0 Å². The van der Waals surface area contributed by atoms with Gasteiger partial charge in [-0.25, -0.2) is 0 Å². The molecule has 126 valence electrons. The maximum Gasteiger partial charge on any atom is 0.376 e. The number of ether oxygens (including phenoxy) is 1.